The van der Waals surface area contributed by atoms with E-state index >= 15 is 0 Å². The van der Waals surface area contributed by atoms with Gasteiger partial charge in [0.1, 0.15) is 0 Å². The van der Waals surface area contributed by atoms with Crippen molar-refractivity contribution >= 4 is 5.91 Å². The molecule has 0 aromatic carbocycles. The minimum absolute atomic E-state index is 0.113. The van der Waals surface area contributed by atoms with E-state index in [2.05, 4.69) is 22.2 Å². The number of nitrogens with one attached hydrogen (secondary N) is 1. The van der Waals surface area contributed by atoms with Gasteiger partial charge in [-0.2, -0.15) is 5.10 Å². The standard InChI is InChI=1S/C13H22N4O/c1-10-11(8-15-16(10)4)9-17-7-5-6-13(17,2)12(18)14-3/h8H,5-7,9H2,1-4H3,(H,14,18)/t13-/m1/s1. The summed E-state index contributed by atoms with van der Waals surface area (Å²) in [5, 5.41) is 7.04. The zero-order valence-corrected chi connectivity index (χ0v) is 11.7. The average molecular weight is 250 g/mol. The van der Waals surface area contributed by atoms with Gasteiger partial charge in [0.05, 0.1) is 11.7 Å². The van der Waals surface area contributed by atoms with Crippen molar-refractivity contribution in [1.29, 1.82) is 0 Å². The number of likely N-dealkylation sites (tertiary alicyclic amines) is 1. The highest BCUT2D eigenvalue weighted by molar-refractivity contribution is 5.85. The van der Waals surface area contributed by atoms with Crippen LogP contribution < -0.4 is 5.32 Å². The molecule has 0 unspecified atom stereocenters. The van der Waals surface area contributed by atoms with Crippen LogP contribution in [0, 0.1) is 6.92 Å². The number of carbonyl (C=O) groups is 1. The van der Waals surface area contributed by atoms with E-state index in [0.29, 0.717) is 0 Å². The lowest BCUT2D eigenvalue weighted by atomic mass is 9.97. The molecule has 0 aliphatic carbocycles. The number of amides is 1. The molecule has 1 aliphatic rings. The van der Waals surface area contributed by atoms with Crippen molar-refractivity contribution in [2.45, 2.75) is 38.8 Å². The summed E-state index contributed by atoms with van der Waals surface area (Å²) in [5.41, 5.74) is 1.99. The van der Waals surface area contributed by atoms with E-state index < -0.39 is 0 Å². The predicted octanol–water partition coefficient (Wildman–Crippen LogP) is 0.829. The quantitative estimate of drug-likeness (QED) is 0.864. The molecular formula is C13H22N4O. The van der Waals surface area contributed by atoms with Gasteiger partial charge in [0.15, 0.2) is 0 Å². The molecule has 1 aromatic heterocycles. The minimum Gasteiger partial charge on any atom is -0.358 e. The average Bonchev–Trinajstić information content (AvgIpc) is 2.88. The maximum atomic E-state index is 12.1. The van der Waals surface area contributed by atoms with Crippen molar-refractivity contribution in [3.05, 3.63) is 17.5 Å². The molecule has 2 rings (SSSR count). The third-order valence-electron chi connectivity index (χ3n) is 4.20. The monoisotopic (exact) mass is 250 g/mol. The van der Waals surface area contributed by atoms with E-state index in [9.17, 15) is 4.79 Å². The Morgan fingerprint density at radius 3 is 2.89 bits per heavy atom. The molecule has 18 heavy (non-hydrogen) atoms. The van der Waals surface area contributed by atoms with Gasteiger partial charge in [-0.05, 0) is 33.2 Å². The van der Waals surface area contributed by atoms with E-state index in [0.717, 1.165) is 25.9 Å². The molecule has 1 saturated heterocycles. The second-order valence-electron chi connectivity index (χ2n) is 5.26. The lowest BCUT2D eigenvalue weighted by Gasteiger charge is -2.33. The van der Waals surface area contributed by atoms with Crippen LogP contribution in [0.15, 0.2) is 6.20 Å². The van der Waals surface area contributed by atoms with Gasteiger partial charge in [0.2, 0.25) is 5.91 Å². The summed E-state index contributed by atoms with van der Waals surface area (Å²) in [4.78, 5) is 14.3. The zero-order valence-electron chi connectivity index (χ0n) is 11.7. The van der Waals surface area contributed by atoms with Crippen LogP contribution >= 0.6 is 0 Å². The Morgan fingerprint density at radius 2 is 2.33 bits per heavy atom. The zero-order chi connectivity index (χ0) is 13.3. The summed E-state index contributed by atoms with van der Waals surface area (Å²) < 4.78 is 1.88. The highest BCUT2D eigenvalue weighted by atomic mass is 16.2. The van der Waals surface area contributed by atoms with E-state index in [1.807, 2.05) is 24.9 Å². The molecule has 100 valence electrons. The molecule has 2 heterocycles. The summed E-state index contributed by atoms with van der Waals surface area (Å²) in [6, 6.07) is 0. The third-order valence-corrected chi connectivity index (χ3v) is 4.20. The van der Waals surface area contributed by atoms with E-state index in [1.165, 1.54) is 11.3 Å². The second-order valence-corrected chi connectivity index (χ2v) is 5.26. The SMILES string of the molecule is CNC(=O)[C@@]1(C)CCCN1Cc1cnn(C)c1C. The van der Waals surface area contributed by atoms with Gasteiger partial charge in [-0.15, -0.1) is 0 Å². The van der Waals surface area contributed by atoms with Crippen LogP contribution in [0.2, 0.25) is 0 Å². The molecule has 1 atom stereocenters. The fraction of sp³-hybridized carbons (Fsp3) is 0.692. The highest BCUT2D eigenvalue weighted by Crippen LogP contribution is 2.31. The molecular weight excluding hydrogens is 228 g/mol. The first-order valence-corrected chi connectivity index (χ1v) is 6.43. The predicted molar refractivity (Wildman–Crippen MR) is 70.1 cm³/mol. The summed E-state index contributed by atoms with van der Waals surface area (Å²) in [5.74, 6) is 0.113. The van der Waals surface area contributed by atoms with Crippen LogP contribution in [0.25, 0.3) is 0 Å². The summed E-state index contributed by atoms with van der Waals surface area (Å²) >= 11 is 0. The van der Waals surface area contributed by atoms with Crippen molar-refractivity contribution in [2.24, 2.45) is 7.05 Å². The van der Waals surface area contributed by atoms with Crippen molar-refractivity contribution in [3.8, 4) is 0 Å². The van der Waals surface area contributed by atoms with E-state index in [4.69, 9.17) is 0 Å². The Kier molecular flexibility index (Phi) is 3.43. The first-order chi connectivity index (χ1) is 8.49. The number of rotatable bonds is 3. The first-order valence-electron chi connectivity index (χ1n) is 6.43. The molecule has 1 aliphatic heterocycles. The Balaban J connectivity index is 2.18. The van der Waals surface area contributed by atoms with Crippen molar-refractivity contribution < 1.29 is 4.79 Å². The van der Waals surface area contributed by atoms with E-state index in [-0.39, 0.29) is 11.4 Å². The molecule has 1 amide bonds. The van der Waals surface area contributed by atoms with E-state index in [1.54, 1.807) is 7.05 Å². The molecule has 1 N–H and O–H groups in total. The van der Waals surface area contributed by atoms with Crippen LogP contribution in [0.4, 0.5) is 0 Å². The number of hydrogen-bond donors (Lipinski definition) is 1. The van der Waals surface area contributed by atoms with Crippen LogP contribution in [0.1, 0.15) is 31.0 Å². The van der Waals surface area contributed by atoms with Crippen LogP contribution in [0.5, 0.6) is 0 Å². The lowest BCUT2D eigenvalue weighted by molar-refractivity contribution is -0.130. The van der Waals surface area contributed by atoms with Gasteiger partial charge in [-0.25, -0.2) is 0 Å². The molecule has 0 bridgehead atoms. The molecule has 0 spiro atoms. The van der Waals surface area contributed by atoms with Crippen LogP contribution in [-0.4, -0.2) is 39.7 Å². The first kappa shape index (κ1) is 13.1. The van der Waals surface area contributed by atoms with Gasteiger partial charge in [0.25, 0.3) is 0 Å². The Bertz CT molecular complexity index is 454. The topological polar surface area (TPSA) is 50.2 Å². The Hall–Kier alpha value is -1.36. The summed E-state index contributed by atoms with van der Waals surface area (Å²) in [7, 11) is 3.65. The van der Waals surface area contributed by atoms with Gasteiger partial charge in [0, 0.05) is 31.9 Å². The number of aromatic nitrogens is 2. The highest BCUT2D eigenvalue weighted by Gasteiger charge is 2.42. The smallest absolute Gasteiger partial charge is 0.239 e. The molecule has 1 aromatic rings. The van der Waals surface area contributed by atoms with Crippen molar-refractivity contribution in [3.63, 3.8) is 0 Å². The van der Waals surface area contributed by atoms with Gasteiger partial charge >= 0.3 is 0 Å². The lowest BCUT2D eigenvalue weighted by Crippen LogP contribution is -2.52. The number of hydrogen-bond acceptors (Lipinski definition) is 3. The molecule has 1 fully saturated rings. The molecule has 0 radical (unpaired) electrons. The molecule has 5 heteroatoms. The number of nitrogens with zero attached hydrogens (tertiary/aromatic N) is 3. The van der Waals surface area contributed by atoms with Crippen LogP contribution in [0.3, 0.4) is 0 Å². The fourth-order valence-electron chi connectivity index (χ4n) is 2.70. The van der Waals surface area contributed by atoms with Gasteiger partial charge < -0.3 is 5.32 Å². The Morgan fingerprint density at radius 1 is 1.61 bits per heavy atom. The maximum Gasteiger partial charge on any atom is 0.239 e. The van der Waals surface area contributed by atoms with Gasteiger partial charge in [-0.1, -0.05) is 0 Å². The molecule has 5 nitrogen and oxygen atoms in total. The van der Waals surface area contributed by atoms with Gasteiger partial charge in [-0.3, -0.25) is 14.4 Å². The van der Waals surface area contributed by atoms with Crippen molar-refractivity contribution in [1.82, 2.24) is 20.0 Å². The normalized spacial score (nSPS) is 24.4. The fourth-order valence-corrected chi connectivity index (χ4v) is 2.70. The Labute approximate surface area is 108 Å². The van der Waals surface area contributed by atoms with Crippen LogP contribution in [-0.2, 0) is 18.4 Å². The number of likely N-dealkylation sites (N-methyl/N-ethyl adjacent to an activating group) is 1. The minimum atomic E-state index is -0.378. The maximum absolute atomic E-state index is 12.1. The van der Waals surface area contributed by atoms with Crippen molar-refractivity contribution in [2.75, 3.05) is 13.6 Å². The summed E-state index contributed by atoms with van der Waals surface area (Å²) in [6.45, 7) is 5.86. The largest absolute Gasteiger partial charge is 0.358 e. The second kappa shape index (κ2) is 4.72. The number of aryl methyl sites for hydroxylation is 1. The third kappa shape index (κ3) is 2.03. The number of carbonyl (C=O) groups excluding carboxylic acids is 1. The summed E-state index contributed by atoms with van der Waals surface area (Å²) in [6.07, 6.45) is 3.90. The molecule has 0 saturated carbocycles.